The standard InChI is InChI=1S/C11H18O2/c1-7-4-8(2)6-10(5-7)9(3)11(12)13/h7-8H,4-6H2,1-3H3,(H,12,13). The van der Waals surface area contributed by atoms with Crippen molar-refractivity contribution in [3.8, 4) is 0 Å². The smallest absolute Gasteiger partial charge is 0.331 e. The molecule has 0 heterocycles. The minimum Gasteiger partial charge on any atom is -0.478 e. The van der Waals surface area contributed by atoms with Gasteiger partial charge in [0.1, 0.15) is 0 Å². The highest BCUT2D eigenvalue weighted by molar-refractivity contribution is 5.86. The number of allylic oxidation sites excluding steroid dienone is 1. The third-order valence-electron chi connectivity index (χ3n) is 2.85. The van der Waals surface area contributed by atoms with Gasteiger partial charge in [-0.25, -0.2) is 4.79 Å². The van der Waals surface area contributed by atoms with Crippen molar-refractivity contribution in [2.24, 2.45) is 11.8 Å². The van der Waals surface area contributed by atoms with Gasteiger partial charge in [0.15, 0.2) is 0 Å². The Bertz CT molecular complexity index is 228. The Hall–Kier alpha value is -0.790. The van der Waals surface area contributed by atoms with E-state index >= 15 is 0 Å². The fourth-order valence-corrected chi connectivity index (χ4v) is 2.24. The molecule has 2 nitrogen and oxygen atoms in total. The third-order valence-corrected chi connectivity index (χ3v) is 2.85. The van der Waals surface area contributed by atoms with Crippen molar-refractivity contribution >= 4 is 5.97 Å². The molecule has 74 valence electrons. The molecule has 1 aliphatic carbocycles. The van der Waals surface area contributed by atoms with Crippen LogP contribution in [0.4, 0.5) is 0 Å². The van der Waals surface area contributed by atoms with E-state index in [0.29, 0.717) is 17.4 Å². The Morgan fingerprint density at radius 1 is 1.31 bits per heavy atom. The Morgan fingerprint density at radius 3 is 2.15 bits per heavy atom. The Labute approximate surface area is 79.6 Å². The molecule has 0 aromatic rings. The van der Waals surface area contributed by atoms with E-state index in [1.165, 1.54) is 6.42 Å². The number of aliphatic carboxylic acids is 1. The molecule has 1 saturated carbocycles. The van der Waals surface area contributed by atoms with E-state index in [9.17, 15) is 4.79 Å². The molecule has 0 saturated heterocycles. The van der Waals surface area contributed by atoms with Gasteiger partial charge in [-0.15, -0.1) is 0 Å². The average molecular weight is 182 g/mol. The van der Waals surface area contributed by atoms with E-state index in [1.54, 1.807) is 6.92 Å². The highest BCUT2D eigenvalue weighted by Gasteiger charge is 2.21. The first kappa shape index (κ1) is 10.3. The van der Waals surface area contributed by atoms with Gasteiger partial charge in [0.05, 0.1) is 0 Å². The summed E-state index contributed by atoms with van der Waals surface area (Å²) >= 11 is 0. The molecule has 0 bridgehead atoms. The highest BCUT2D eigenvalue weighted by atomic mass is 16.4. The van der Waals surface area contributed by atoms with Crippen LogP contribution in [0.3, 0.4) is 0 Å². The zero-order valence-corrected chi connectivity index (χ0v) is 8.63. The summed E-state index contributed by atoms with van der Waals surface area (Å²) < 4.78 is 0. The molecule has 2 heteroatoms. The maximum Gasteiger partial charge on any atom is 0.331 e. The van der Waals surface area contributed by atoms with Crippen molar-refractivity contribution in [2.75, 3.05) is 0 Å². The zero-order valence-electron chi connectivity index (χ0n) is 8.63. The van der Waals surface area contributed by atoms with Crippen LogP contribution in [-0.4, -0.2) is 11.1 Å². The van der Waals surface area contributed by atoms with Gasteiger partial charge in [-0.1, -0.05) is 19.4 Å². The molecule has 0 radical (unpaired) electrons. The van der Waals surface area contributed by atoms with Gasteiger partial charge in [0, 0.05) is 5.57 Å². The maximum atomic E-state index is 10.8. The van der Waals surface area contributed by atoms with Gasteiger partial charge in [-0.3, -0.25) is 0 Å². The van der Waals surface area contributed by atoms with Crippen molar-refractivity contribution in [1.82, 2.24) is 0 Å². The number of carboxylic acids is 1. The second-order valence-corrected chi connectivity index (χ2v) is 4.39. The molecule has 0 aromatic heterocycles. The van der Waals surface area contributed by atoms with Crippen LogP contribution in [0.1, 0.15) is 40.0 Å². The molecular formula is C11H18O2. The van der Waals surface area contributed by atoms with E-state index in [2.05, 4.69) is 13.8 Å². The molecule has 1 N–H and O–H groups in total. The van der Waals surface area contributed by atoms with Crippen LogP contribution >= 0.6 is 0 Å². The summed E-state index contributed by atoms with van der Waals surface area (Å²) in [6.07, 6.45) is 3.18. The number of carboxylic acid groups (broad SMARTS) is 1. The van der Waals surface area contributed by atoms with Gasteiger partial charge in [0.2, 0.25) is 0 Å². The van der Waals surface area contributed by atoms with Crippen LogP contribution in [-0.2, 0) is 4.79 Å². The van der Waals surface area contributed by atoms with E-state index in [0.717, 1.165) is 18.4 Å². The lowest BCUT2D eigenvalue weighted by Gasteiger charge is -2.27. The summed E-state index contributed by atoms with van der Waals surface area (Å²) in [5.41, 5.74) is 1.72. The Kier molecular flexibility index (Phi) is 3.12. The van der Waals surface area contributed by atoms with Gasteiger partial charge >= 0.3 is 5.97 Å². The average Bonchev–Trinajstić information content (AvgIpc) is 2.01. The fraction of sp³-hybridized carbons (Fsp3) is 0.727. The molecule has 13 heavy (non-hydrogen) atoms. The quantitative estimate of drug-likeness (QED) is 0.633. The Morgan fingerprint density at radius 2 is 1.77 bits per heavy atom. The molecule has 1 fully saturated rings. The van der Waals surface area contributed by atoms with Crippen molar-refractivity contribution in [2.45, 2.75) is 40.0 Å². The van der Waals surface area contributed by atoms with E-state index in [4.69, 9.17) is 5.11 Å². The summed E-state index contributed by atoms with van der Waals surface area (Å²) in [4.78, 5) is 10.8. The molecular weight excluding hydrogens is 164 g/mol. The molecule has 2 atom stereocenters. The second-order valence-electron chi connectivity index (χ2n) is 4.39. The maximum absolute atomic E-state index is 10.8. The monoisotopic (exact) mass is 182 g/mol. The molecule has 0 aromatic carbocycles. The number of rotatable bonds is 1. The third kappa shape index (κ3) is 2.58. The van der Waals surface area contributed by atoms with Crippen molar-refractivity contribution in [3.63, 3.8) is 0 Å². The summed E-state index contributed by atoms with van der Waals surface area (Å²) in [5, 5.41) is 8.85. The molecule has 0 amide bonds. The lowest BCUT2D eigenvalue weighted by molar-refractivity contribution is -0.132. The summed E-state index contributed by atoms with van der Waals surface area (Å²) in [7, 11) is 0. The Balaban J connectivity index is 2.80. The van der Waals surface area contributed by atoms with Crippen molar-refractivity contribution < 1.29 is 9.90 Å². The van der Waals surface area contributed by atoms with Gasteiger partial charge in [-0.2, -0.15) is 0 Å². The lowest BCUT2D eigenvalue weighted by atomic mass is 9.79. The SMILES string of the molecule is CC(C(=O)O)=C1CC(C)CC(C)C1. The van der Waals surface area contributed by atoms with Crippen LogP contribution in [0.25, 0.3) is 0 Å². The first-order chi connectivity index (χ1) is 6.00. The predicted molar refractivity (Wildman–Crippen MR) is 52.5 cm³/mol. The minimum atomic E-state index is -0.753. The number of hydrogen-bond donors (Lipinski definition) is 1. The first-order valence-electron chi connectivity index (χ1n) is 4.92. The zero-order chi connectivity index (χ0) is 10.0. The molecule has 1 rings (SSSR count). The topological polar surface area (TPSA) is 37.3 Å². The fourth-order valence-electron chi connectivity index (χ4n) is 2.24. The molecule has 1 aliphatic rings. The first-order valence-corrected chi connectivity index (χ1v) is 4.92. The molecule has 2 unspecified atom stereocenters. The van der Waals surface area contributed by atoms with Crippen molar-refractivity contribution in [1.29, 1.82) is 0 Å². The number of hydrogen-bond acceptors (Lipinski definition) is 1. The van der Waals surface area contributed by atoms with Crippen molar-refractivity contribution in [3.05, 3.63) is 11.1 Å². The predicted octanol–water partition coefficient (Wildman–Crippen LogP) is 2.84. The van der Waals surface area contributed by atoms with E-state index in [-0.39, 0.29) is 0 Å². The van der Waals surface area contributed by atoms with Gasteiger partial charge in [-0.05, 0) is 38.0 Å². The van der Waals surface area contributed by atoms with Crippen LogP contribution in [0, 0.1) is 11.8 Å². The molecule has 0 aliphatic heterocycles. The summed E-state index contributed by atoms with van der Waals surface area (Å²) in [6, 6.07) is 0. The van der Waals surface area contributed by atoms with Crippen LogP contribution in [0.2, 0.25) is 0 Å². The van der Waals surface area contributed by atoms with Crippen LogP contribution < -0.4 is 0 Å². The van der Waals surface area contributed by atoms with Crippen LogP contribution in [0.5, 0.6) is 0 Å². The highest BCUT2D eigenvalue weighted by Crippen LogP contribution is 2.33. The van der Waals surface area contributed by atoms with Gasteiger partial charge in [0.25, 0.3) is 0 Å². The van der Waals surface area contributed by atoms with E-state index < -0.39 is 5.97 Å². The van der Waals surface area contributed by atoms with Crippen LogP contribution in [0.15, 0.2) is 11.1 Å². The minimum absolute atomic E-state index is 0.568. The number of carbonyl (C=O) groups is 1. The largest absolute Gasteiger partial charge is 0.478 e. The summed E-state index contributed by atoms with van der Waals surface area (Å²) in [5.74, 6) is 0.539. The van der Waals surface area contributed by atoms with Gasteiger partial charge < -0.3 is 5.11 Å². The van der Waals surface area contributed by atoms with E-state index in [1.807, 2.05) is 0 Å². The normalized spacial score (nSPS) is 28.7. The second kappa shape index (κ2) is 3.95. The lowest BCUT2D eigenvalue weighted by Crippen LogP contribution is -2.15. The summed E-state index contributed by atoms with van der Waals surface area (Å²) in [6.45, 7) is 6.12. The molecule has 0 spiro atoms.